The summed E-state index contributed by atoms with van der Waals surface area (Å²) in [6.45, 7) is 6.22. The monoisotopic (exact) mass is 494 g/mol. The Morgan fingerprint density at radius 3 is 2.38 bits per heavy atom. The largest absolute Gasteiger partial charge is 0.352 e. The van der Waals surface area contributed by atoms with Crippen LogP contribution in [-0.4, -0.2) is 52.3 Å². The highest BCUT2D eigenvalue weighted by Gasteiger charge is 2.19. The van der Waals surface area contributed by atoms with Gasteiger partial charge in [-0.25, -0.2) is 0 Å². The molecule has 1 amide bonds. The Kier molecular flexibility index (Phi) is 7.61. The van der Waals surface area contributed by atoms with Crippen LogP contribution in [0.5, 0.6) is 0 Å². The minimum Gasteiger partial charge on any atom is -0.352 e. The van der Waals surface area contributed by atoms with Crippen LogP contribution in [0.1, 0.15) is 33.1 Å². The van der Waals surface area contributed by atoms with Gasteiger partial charge in [0.2, 0.25) is 0 Å². The average Bonchev–Trinajstić information content (AvgIpc) is 3.21. The maximum atomic E-state index is 12.4. The molecule has 0 saturated carbocycles. The predicted molar refractivity (Wildman–Crippen MR) is 147 cm³/mol. The third-order valence-electron chi connectivity index (χ3n) is 7.02. The first-order valence-corrected chi connectivity index (χ1v) is 12.9. The Morgan fingerprint density at radius 2 is 1.62 bits per heavy atom. The van der Waals surface area contributed by atoms with Gasteiger partial charge in [-0.3, -0.25) is 9.69 Å². The zero-order valence-corrected chi connectivity index (χ0v) is 21.6. The van der Waals surface area contributed by atoms with E-state index in [-0.39, 0.29) is 5.91 Å². The van der Waals surface area contributed by atoms with E-state index in [9.17, 15) is 4.79 Å². The first-order valence-electron chi connectivity index (χ1n) is 12.9. The second kappa shape index (κ2) is 11.4. The Balaban J connectivity index is 1.13. The predicted octanol–water partition coefficient (Wildman–Crippen LogP) is 4.39. The van der Waals surface area contributed by atoms with Crippen LogP contribution in [0.4, 0.5) is 11.4 Å². The van der Waals surface area contributed by atoms with Gasteiger partial charge in [0, 0.05) is 69.6 Å². The van der Waals surface area contributed by atoms with Crippen molar-refractivity contribution in [1.82, 2.24) is 25.0 Å². The molecule has 3 aromatic carbocycles. The Labute approximate surface area is 218 Å². The summed E-state index contributed by atoms with van der Waals surface area (Å²) in [5, 5.41) is 11.9. The molecule has 0 fully saturated rings. The molecule has 0 atom stereocenters. The lowest BCUT2D eigenvalue weighted by Gasteiger charge is -2.22. The summed E-state index contributed by atoms with van der Waals surface area (Å²) >= 11 is 0. The fraction of sp³-hybridized carbons (Fsp3) is 0.300. The molecule has 7 nitrogen and oxygen atoms in total. The Hall–Kier alpha value is -3.97. The van der Waals surface area contributed by atoms with Crippen LogP contribution in [0, 0.1) is 6.92 Å². The highest BCUT2D eigenvalue weighted by Crippen LogP contribution is 2.24. The second-order valence-corrected chi connectivity index (χ2v) is 9.64. The smallest absolute Gasteiger partial charge is 0.251 e. The summed E-state index contributed by atoms with van der Waals surface area (Å²) < 4.78 is 2.23. The number of carbonyl (C=O) groups excluding carboxylic acids is 1. The van der Waals surface area contributed by atoms with E-state index in [1.54, 1.807) is 0 Å². The van der Waals surface area contributed by atoms with Crippen molar-refractivity contribution in [3.8, 4) is 0 Å². The van der Waals surface area contributed by atoms with Crippen molar-refractivity contribution in [2.75, 3.05) is 31.6 Å². The highest BCUT2D eigenvalue weighted by molar-refractivity contribution is 5.94. The molecule has 1 aliphatic rings. The number of anilines is 2. The molecule has 37 heavy (non-hydrogen) atoms. The van der Waals surface area contributed by atoms with E-state index in [1.165, 1.54) is 16.9 Å². The molecule has 1 aliphatic heterocycles. The maximum absolute atomic E-state index is 12.4. The lowest BCUT2D eigenvalue weighted by Crippen LogP contribution is -2.28. The number of aromatic nitrogens is 3. The molecule has 0 saturated heterocycles. The number of hydrogen-bond acceptors (Lipinski definition) is 5. The van der Waals surface area contributed by atoms with Crippen LogP contribution < -0.4 is 10.2 Å². The molecule has 0 unspecified atom stereocenters. The summed E-state index contributed by atoms with van der Waals surface area (Å²) in [7, 11) is 2.10. The fourth-order valence-corrected chi connectivity index (χ4v) is 4.75. The van der Waals surface area contributed by atoms with Crippen molar-refractivity contribution in [3.63, 3.8) is 0 Å². The number of nitrogens with one attached hydrogen (secondary N) is 1. The third-order valence-corrected chi connectivity index (χ3v) is 7.02. The number of hydrogen-bond donors (Lipinski definition) is 1. The van der Waals surface area contributed by atoms with Crippen LogP contribution >= 0.6 is 0 Å². The number of benzene rings is 3. The van der Waals surface area contributed by atoms with E-state index in [2.05, 4.69) is 85.5 Å². The molecule has 2 heterocycles. The van der Waals surface area contributed by atoms with Crippen molar-refractivity contribution >= 4 is 17.3 Å². The van der Waals surface area contributed by atoms with Gasteiger partial charge in [-0.1, -0.05) is 48.0 Å². The van der Waals surface area contributed by atoms with Gasteiger partial charge in [-0.2, -0.15) is 0 Å². The number of para-hydroxylation sites is 1. The Bertz CT molecular complexity index is 1310. The quantitative estimate of drug-likeness (QED) is 0.394. The molecule has 0 spiro atoms. The van der Waals surface area contributed by atoms with Gasteiger partial charge < -0.3 is 14.8 Å². The van der Waals surface area contributed by atoms with E-state index < -0.39 is 0 Å². The highest BCUT2D eigenvalue weighted by atomic mass is 16.1. The number of aryl methyl sites for hydroxylation is 1. The SMILES string of the molecule is Cc1ccc(C(=O)NCCc2nnc3n2CCN(Cc2ccc(N(C)c4ccccc4)cc2)CC3)cc1. The van der Waals surface area contributed by atoms with Gasteiger partial charge in [-0.15, -0.1) is 10.2 Å². The number of carbonyl (C=O) groups is 1. The normalized spacial score (nSPS) is 13.6. The minimum atomic E-state index is -0.0530. The average molecular weight is 495 g/mol. The van der Waals surface area contributed by atoms with E-state index in [0.29, 0.717) is 18.5 Å². The van der Waals surface area contributed by atoms with Crippen LogP contribution in [0.2, 0.25) is 0 Å². The second-order valence-electron chi connectivity index (χ2n) is 9.64. The molecule has 0 radical (unpaired) electrons. The van der Waals surface area contributed by atoms with Crippen molar-refractivity contribution in [1.29, 1.82) is 0 Å². The summed E-state index contributed by atoms with van der Waals surface area (Å²) in [6.07, 6.45) is 1.54. The summed E-state index contributed by atoms with van der Waals surface area (Å²) in [6, 6.07) is 26.9. The molecular weight excluding hydrogens is 460 g/mol. The van der Waals surface area contributed by atoms with Gasteiger partial charge in [-0.05, 0) is 48.9 Å². The number of fused-ring (bicyclic) bond motifs is 1. The lowest BCUT2D eigenvalue weighted by atomic mass is 10.1. The zero-order chi connectivity index (χ0) is 25.6. The van der Waals surface area contributed by atoms with Crippen molar-refractivity contribution in [2.45, 2.75) is 32.9 Å². The molecule has 7 heteroatoms. The van der Waals surface area contributed by atoms with Crippen molar-refractivity contribution in [2.24, 2.45) is 0 Å². The molecule has 1 aromatic heterocycles. The number of amides is 1. The first-order chi connectivity index (χ1) is 18.1. The maximum Gasteiger partial charge on any atom is 0.251 e. The molecule has 0 aliphatic carbocycles. The summed E-state index contributed by atoms with van der Waals surface area (Å²) in [5.41, 5.74) is 5.49. The van der Waals surface area contributed by atoms with Gasteiger partial charge in [0.15, 0.2) is 0 Å². The molecule has 0 bridgehead atoms. The topological polar surface area (TPSA) is 66.3 Å². The van der Waals surface area contributed by atoms with E-state index in [0.717, 1.165) is 49.8 Å². The van der Waals surface area contributed by atoms with Gasteiger partial charge in [0.05, 0.1) is 0 Å². The molecule has 1 N–H and O–H groups in total. The Morgan fingerprint density at radius 1 is 0.892 bits per heavy atom. The molecular formula is C30H34N6O. The summed E-state index contributed by atoms with van der Waals surface area (Å²) in [5.74, 6) is 1.92. The molecule has 5 rings (SSSR count). The van der Waals surface area contributed by atoms with E-state index in [4.69, 9.17) is 0 Å². The lowest BCUT2D eigenvalue weighted by molar-refractivity contribution is 0.0954. The number of nitrogens with zero attached hydrogens (tertiary/aromatic N) is 5. The van der Waals surface area contributed by atoms with Crippen LogP contribution in [0.3, 0.4) is 0 Å². The van der Waals surface area contributed by atoms with Crippen molar-refractivity contribution < 1.29 is 4.79 Å². The summed E-state index contributed by atoms with van der Waals surface area (Å²) in [4.78, 5) is 17.1. The van der Waals surface area contributed by atoms with Crippen LogP contribution in [-0.2, 0) is 25.9 Å². The third kappa shape index (κ3) is 6.06. The molecule has 4 aromatic rings. The van der Waals surface area contributed by atoms with Crippen LogP contribution in [0.25, 0.3) is 0 Å². The van der Waals surface area contributed by atoms with Crippen LogP contribution in [0.15, 0.2) is 78.9 Å². The first kappa shape index (κ1) is 24.7. The van der Waals surface area contributed by atoms with Crippen molar-refractivity contribution in [3.05, 3.63) is 107 Å². The van der Waals surface area contributed by atoms with Gasteiger partial charge >= 0.3 is 0 Å². The minimum absolute atomic E-state index is 0.0530. The number of rotatable bonds is 8. The standard InChI is InChI=1S/C30H34N6O/c1-23-8-12-25(13-9-23)30(37)31-18-16-28-32-33-29-17-19-35(20-21-36(28)29)22-24-10-14-27(15-11-24)34(2)26-6-4-3-5-7-26/h3-15H,16-22H2,1-2H3,(H,31,37). The zero-order valence-electron chi connectivity index (χ0n) is 21.6. The molecule has 190 valence electrons. The van der Waals surface area contributed by atoms with Gasteiger partial charge in [0.1, 0.15) is 11.6 Å². The van der Waals surface area contributed by atoms with E-state index >= 15 is 0 Å². The van der Waals surface area contributed by atoms with Gasteiger partial charge in [0.25, 0.3) is 5.91 Å². The van der Waals surface area contributed by atoms with E-state index in [1.807, 2.05) is 37.3 Å². The fourth-order valence-electron chi connectivity index (χ4n) is 4.75.